The fourth-order valence-corrected chi connectivity index (χ4v) is 3.96. The Balaban J connectivity index is 2.12. The molecule has 4 aromatic rings. The number of hydrogen-bond acceptors (Lipinski definition) is 0. The van der Waals surface area contributed by atoms with Gasteiger partial charge in [0.05, 0.1) is 0 Å². The first-order chi connectivity index (χ1) is 19.6. The van der Waals surface area contributed by atoms with Crippen LogP contribution in [-0.2, 0) is 7.05 Å². The van der Waals surface area contributed by atoms with Crippen LogP contribution in [0.4, 0.5) is 0 Å². The molecule has 0 atom stereocenters. The van der Waals surface area contributed by atoms with Gasteiger partial charge in [-0.25, -0.2) is 4.57 Å². The number of benzene rings is 3. The lowest BCUT2D eigenvalue weighted by molar-refractivity contribution is -0.660. The lowest BCUT2D eigenvalue weighted by Gasteiger charge is -2.15. The molecule has 0 saturated heterocycles. The molecule has 0 unspecified atom stereocenters. The number of hydrogen-bond donors (Lipinski definition) is 0. The SMILES string of the molecule is [2H]C([2H])([2H])c1ccccc1-c1cc(-c2cc(-c3ccc(C)cc3C([2H])([2H])[2H])c(C([2H])([2H])[2H])c[n+]2C)c(C)cc1C([2H])([2H])[2H]. The van der Waals surface area contributed by atoms with Crippen molar-refractivity contribution in [1.82, 2.24) is 0 Å². The second-order valence-electron chi connectivity index (χ2n) is 7.90. The van der Waals surface area contributed by atoms with Crippen LogP contribution >= 0.6 is 0 Å². The van der Waals surface area contributed by atoms with Crippen LogP contribution in [0.15, 0.2) is 66.9 Å². The highest BCUT2D eigenvalue weighted by Crippen LogP contribution is 2.35. The largest absolute Gasteiger partial charge is 0.213 e. The normalized spacial score (nSPS) is 18.4. The monoisotopic (exact) mass is 418 g/mol. The van der Waals surface area contributed by atoms with E-state index in [4.69, 9.17) is 16.4 Å². The van der Waals surface area contributed by atoms with E-state index >= 15 is 0 Å². The highest BCUT2D eigenvalue weighted by atomic mass is 14.9. The molecule has 31 heavy (non-hydrogen) atoms. The first kappa shape index (κ1) is 10.9. The molecule has 1 aromatic heterocycles. The van der Waals surface area contributed by atoms with Gasteiger partial charge in [0, 0.05) is 33.6 Å². The van der Waals surface area contributed by atoms with Gasteiger partial charge >= 0.3 is 0 Å². The molecule has 0 spiro atoms. The number of rotatable bonds is 3. The van der Waals surface area contributed by atoms with Crippen LogP contribution in [-0.4, -0.2) is 0 Å². The summed E-state index contributed by atoms with van der Waals surface area (Å²) in [6.45, 7) is -6.68. The zero-order valence-corrected chi connectivity index (χ0v) is 17.8. The molecule has 1 nitrogen and oxygen atoms in total. The lowest BCUT2D eigenvalue weighted by atomic mass is 9.90. The molecule has 156 valence electrons. The molecule has 0 aliphatic heterocycles. The third-order valence-corrected chi connectivity index (χ3v) is 5.60. The molecule has 0 bridgehead atoms. The molecular formula is C30H32N+. The maximum atomic E-state index is 8.23. The highest BCUT2D eigenvalue weighted by molar-refractivity contribution is 5.80. The third kappa shape index (κ3) is 3.93. The Kier molecular flexibility index (Phi) is 2.87. The molecule has 0 radical (unpaired) electrons. The van der Waals surface area contributed by atoms with Gasteiger partial charge in [0.1, 0.15) is 7.05 Å². The van der Waals surface area contributed by atoms with Crippen LogP contribution in [0.3, 0.4) is 0 Å². The van der Waals surface area contributed by atoms with E-state index in [1.54, 1.807) is 67.9 Å². The molecular weight excluding hydrogens is 374 g/mol. The van der Waals surface area contributed by atoms with E-state index in [0.29, 0.717) is 22.4 Å². The first-order valence-corrected chi connectivity index (χ1v) is 10.0. The number of pyridine rings is 1. The summed E-state index contributed by atoms with van der Waals surface area (Å²) in [5, 5.41) is 0. The summed E-state index contributed by atoms with van der Waals surface area (Å²) >= 11 is 0. The van der Waals surface area contributed by atoms with E-state index in [0.717, 1.165) is 0 Å². The number of nitrogens with zero attached hydrogens (tertiary/aromatic N) is 1. The Hall–Kier alpha value is -3.19. The van der Waals surface area contributed by atoms with Gasteiger partial charge in [-0.05, 0) is 91.8 Å². The smallest absolute Gasteiger partial charge is 0.201 e. The molecule has 1 heteroatoms. The van der Waals surface area contributed by atoms with Gasteiger partial charge in [-0.15, -0.1) is 0 Å². The van der Waals surface area contributed by atoms with E-state index < -0.39 is 27.4 Å². The van der Waals surface area contributed by atoms with Crippen molar-refractivity contribution in [3.8, 4) is 33.5 Å². The molecule has 1 heterocycles. The minimum absolute atomic E-state index is 0.0000846. The van der Waals surface area contributed by atoms with Crippen molar-refractivity contribution >= 4 is 0 Å². The predicted octanol–water partition coefficient (Wildman–Crippen LogP) is 7.36. The van der Waals surface area contributed by atoms with Gasteiger partial charge in [-0.3, -0.25) is 0 Å². The van der Waals surface area contributed by atoms with Crippen molar-refractivity contribution in [2.45, 2.75) is 41.3 Å². The van der Waals surface area contributed by atoms with E-state index in [1.165, 1.54) is 24.4 Å². The fourth-order valence-electron chi connectivity index (χ4n) is 3.96. The van der Waals surface area contributed by atoms with E-state index in [1.807, 2.05) is 0 Å². The van der Waals surface area contributed by atoms with Crippen LogP contribution in [0.2, 0.25) is 0 Å². The Morgan fingerprint density at radius 2 is 1.26 bits per heavy atom. The maximum absolute atomic E-state index is 8.23. The highest BCUT2D eigenvalue weighted by Gasteiger charge is 2.19. The predicted molar refractivity (Wildman–Crippen MR) is 132 cm³/mol. The van der Waals surface area contributed by atoms with Gasteiger partial charge in [0.25, 0.3) is 0 Å². The van der Waals surface area contributed by atoms with Gasteiger partial charge in [-0.2, -0.15) is 0 Å². The minimum atomic E-state index is -2.58. The Morgan fingerprint density at radius 1 is 0.581 bits per heavy atom. The molecule has 0 N–H and O–H groups in total. The maximum Gasteiger partial charge on any atom is 0.213 e. The standard InChI is InChI=1S/C30H32N/c1-19-12-13-26(21(3)14-19)28-17-30(31(7)18-24(28)6)29-16-27(22(4)15-23(29)5)25-11-9-8-10-20(25)2/h8-18H,1-7H3/q+1/i2D3,3D3,4D3,6D3. The van der Waals surface area contributed by atoms with E-state index in [9.17, 15) is 0 Å². The zero-order chi connectivity index (χ0) is 32.3. The summed E-state index contributed by atoms with van der Waals surface area (Å²) in [5.74, 6) is 0. The van der Waals surface area contributed by atoms with Crippen molar-refractivity contribution in [3.05, 3.63) is 100 Å². The summed E-state index contributed by atoms with van der Waals surface area (Å²) < 4.78 is 99.6. The number of aryl methyl sites for hydroxylation is 7. The zero-order valence-electron chi connectivity index (χ0n) is 29.8. The van der Waals surface area contributed by atoms with Crippen molar-refractivity contribution in [1.29, 1.82) is 0 Å². The summed E-state index contributed by atoms with van der Waals surface area (Å²) in [7, 11) is 1.65. The third-order valence-electron chi connectivity index (χ3n) is 5.60. The first-order valence-electron chi connectivity index (χ1n) is 16.0. The summed E-state index contributed by atoms with van der Waals surface area (Å²) in [6, 6.07) is 15.8. The van der Waals surface area contributed by atoms with Crippen LogP contribution in [0.25, 0.3) is 33.5 Å². The van der Waals surface area contributed by atoms with Crippen LogP contribution in [0.5, 0.6) is 0 Å². The molecule has 3 aromatic carbocycles. The molecule has 0 fully saturated rings. The van der Waals surface area contributed by atoms with Gasteiger partial charge in [0.15, 0.2) is 6.20 Å². The fraction of sp³-hybridized carbons (Fsp3) is 0.233. The lowest BCUT2D eigenvalue weighted by Crippen LogP contribution is -2.31. The number of aromatic nitrogens is 1. The minimum Gasteiger partial charge on any atom is -0.201 e. The van der Waals surface area contributed by atoms with Crippen LogP contribution in [0, 0.1) is 41.3 Å². The van der Waals surface area contributed by atoms with E-state index in [-0.39, 0.29) is 44.5 Å². The van der Waals surface area contributed by atoms with Crippen molar-refractivity contribution < 1.29 is 21.0 Å². The second kappa shape index (κ2) is 8.15. The molecule has 0 aliphatic rings. The quantitative estimate of drug-likeness (QED) is 0.306. The topological polar surface area (TPSA) is 3.88 Å². The molecule has 0 amide bonds. The second-order valence-corrected chi connectivity index (χ2v) is 7.90. The summed E-state index contributed by atoms with van der Waals surface area (Å²) in [6.07, 6.45) is 1.44. The Labute approximate surface area is 203 Å². The Bertz CT molecular complexity index is 1690. The van der Waals surface area contributed by atoms with Crippen LogP contribution < -0.4 is 4.57 Å². The average molecular weight is 419 g/mol. The van der Waals surface area contributed by atoms with Crippen molar-refractivity contribution in [2.75, 3.05) is 0 Å². The Morgan fingerprint density at radius 3 is 2.03 bits per heavy atom. The van der Waals surface area contributed by atoms with Crippen molar-refractivity contribution in [2.24, 2.45) is 7.05 Å². The van der Waals surface area contributed by atoms with Crippen LogP contribution in [0.1, 0.15) is 49.8 Å². The van der Waals surface area contributed by atoms with Crippen molar-refractivity contribution in [3.63, 3.8) is 0 Å². The van der Waals surface area contributed by atoms with Gasteiger partial charge in [-0.1, -0.05) is 54.1 Å². The average Bonchev–Trinajstić information content (AvgIpc) is 2.86. The molecule has 4 rings (SSSR count). The van der Waals surface area contributed by atoms with Gasteiger partial charge < -0.3 is 0 Å². The summed E-state index contributed by atoms with van der Waals surface area (Å²) in [4.78, 5) is 0. The van der Waals surface area contributed by atoms with Gasteiger partial charge in [0.2, 0.25) is 5.69 Å². The molecule has 0 saturated carbocycles. The summed E-state index contributed by atoms with van der Waals surface area (Å²) in [5.41, 5.74) is 3.17. The molecule has 0 aliphatic carbocycles. The van der Waals surface area contributed by atoms with E-state index in [2.05, 4.69) is 0 Å².